The minimum absolute atomic E-state index is 0.128. The number of amides is 1. The molecule has 0 spiro atoms. The molecule has 1 aromatic heterocycles. The minimum Gasteiger partial charge on any atom is -0.395 e. The number of benzene rings is 2. The smallest absolute Gasteiger partial charge is 0.258 e. The van der Waals surface area contributed by atoms with Gasteiger partial charge in [-0.15, -0.1) is 0 Å². The summed E-state index contributed by atoms with van der Waals surface area (Å²) in [6.07, 6.45) is 1.59. The van der Waals surface area contributed by atoms with Gasteiger partial charge in [-0.2, -0.15) is 0 Å². The van der Waals surface area contributed by atoms with Gasteiger partial charge in [0, 0.05) is 23.5 Å². The molecule has 26 heavy (non-hydrogen) atoms. The van der Waals surface area contributed by atoms with E-state index in [-0.39, 0.29) is 30.5 Å². The van der Waals surface area contributed by atoms with E-state index in [1.54, 1.807) is 24.4 Å². The van der Waals surface area contributed by atoms with Crippen molar-refractivity contribution < 1.29 is 9.90 Å². The molecule has 0 bridgehead atoms. The molecule has 3 rings (SSSR count). The van der Waals surface area contributed by atoms with Gasteiger partial charge in [0.15, 0.2) is 0 Å². The van der Waals surface area contributed by atoms with E-state index in [0.717, 1.165) is 5.56 Å². The van der Waals surface area contributed by atoms with Gasteiger partial charge in [0.2, 0.25) is 5.91 Å². The Bertz CT molecular complexity index is 999. The molecule has 1 unspecified atom stereocenters. The molecular weight excluding hydrogens is 352 g/mol. The molecule has 0 fully saturated rings. The molecule has 6 heteroatoms. The molecule has 2 aromatic carbocycles. The highest BCUT2D eigenvalue weighted by Crippen LogP contribution is 2.31. The molecule has 1 amide bonds. The zero-order valence-electron chi connectivity index (χ0n) is 14.3. The van der Waals surface area contributed by atoms with Gasteiger partial charge < -0.3 is 15.0 Å². The second-order valence-electron chi connectivity index (χ2n) is 6.04. The van der Waals surface area contributed by atoms with Gasteiger partial charge in [-0.25, -0.2) is 0 Å². The van der Waals surface area contributed by atoms with Crippen LogP contribution < -0.4 is 10.9 Å². The van der Waals surface area contributed by atoms with Gasteiger partial charge in [0.25, 0.3) is 5.56 Å². The average Bonchev–Trinajstić information content (AvgIpc) is 2.66. The normalized spacial score (nSPS) is 12.1. The maximum Gasteiger partial charge on any atom is 0.258 e. The largest absolute Gasteiger partial charge is 0.395 e. The average molecular weight is 371 g/mol. The maximum absolute atomic E-state index is 12.7. The van der Waals surface area contributed by atoms with Crippen molar-refractivity contribution in [1.29, 1.82) is 0 Å². The SMILES string of the molecule is CC(C(=O)Nc1c(Cl)ccc2c(=O)n(CCO)ccc12)c1ccccc1. The molecule has 2 N–H and O–H groups in total. The predicted octanol–water partition coefficient (Wildman–Crippen LogP) is 3.39. The van der Waals surface area contributed by atoms with Gasteiger partial charge >= 0.3 is 0 Å². The third kappa shape index (κ3) is 3.49. The highest BCUT2D eigenvalue weighted by Gasteiger charge is 2.18. The number of nitrogens with one attached hydrogen (secondary N) is 1. The lowest BCUT2D eigenvalue weighted by Gasteiger charge is -2.16. The summed E-state index contributed by atoms with van der Waals surface area (Å²) < 4.78 is 1.43. The number of fused-ring (bicyclic) bond motifs is 1. The van der Waals surface area contributed by atoms with Crippen molar-refractivity contribution in [2.24, 2.45) is 0 Å². The highest BCUT2D eigenvalue weighted by atomic mass is 35.5. The molecule has 0 aliphatic rings. The summed E-state index contributed by atoms with van der Waals surface area (Å²) in [6.45, 7) is 1.90. The second-order valence-corrected chi connectivity index (χ2v) is 6.45. The summed E-state index contributed by atoms with van der Waals surface area (Å²) in [5, 5.41) is 13.3. The molecule has 0 aliphatic heterocycles. The molecule has 0 saturated heterocycles. The van der Waals surface area contributed by atoms with E-state index < -0.39 is 0 Å². The molecule has 3 aromatic rings. The van der Waals surface area contributed by atoms with Crippen LogP contribution in [0.1, 0.15) is 18.4 Å². The minimum atomic E-state index is -0.364. The summed E-state index contributed by atoms with van der Waals surface area (Å²) in [7, 11) is 0. The molecule has 0 saturated carbocycles. The second kappa shape index (κ2) is 7.72. The van der Waals surface area contributed by atoms with Gasteiger partial charge in [-0.1, -0.05) is 41.9 Å². The Kier molecular flexibility index (Phi) is 5.40. The lowest BCUT2D eigenvalue weighted by molar-refractivity contribution is -0.117. The van der Waals surface area contributed by atoms with Crippen LogP contribution in [0.5, 0.6) is 0 Å². The fourth-order valence-corrected chi connectivity index (χ4v) is 3.09. The van der Waals surface area contributed by atoms with Crippen molar-refractivity contribution >= 4 is 34.0 Å². The standard InChI is InChI=1S/C20H19ClN2O3/c1-13(14-5-3-2-4-6-14)19(25)22-18-15-9-10-23(11-12-24)20(26)16(15)7-8-17(18)21/h2-10,13,24H,11-12H2,1H3,(H,22,25). The van der Waals surface area contributed by atoms with E-state index in [1.165, 1.54) is 4.57 Å². The van der Waals surface area contributed by atoms with Crippen LogP contribution in [0.4, 0.5) is 5.69 Å². The number of halogens is 1. The molecule has 0 radical (unpaired) electrons. The number of nitrogens with zero attached hydrogens (tertiary/aromatic N) is 1. The first-order valence-corrected chi connectivity index (χ1v) is 8.69. The summed E-state index contributed by atoms with van der Waals surface area (Å²) in [6, 6.07) is 14.4. The number of aliphatic hydroxyl groups is 1. The monoisotopic (exact) mass is 370 g/mol. The number of aliphatic hydroxyl groups excluding tert-OH is 1. The van der Waals surface area contributed by atoms with Crippen LogP contribution in [-0.2, 0) is 11.3 Å². The van der Waals surface area contributed by atoms with Gasteiger partial charge in [0.1, 0.15) is 0 Å². The Hall–Kier alpha value is -2.63. The summed E-state index contributed by atoms with van der Waals surface area (Å²) in [5.74, 6) is -0.567. The Morgan fingerprint density at radius 2 is 1.88 bits per heavy atom. The number of pyridine rings is 1. The van der Waals surface area contributed by atoms with Crippen LogP contribution in [0, 0.1) is 0 Å². The predicted molar refractivity (Wildman–Crippen MR) is 104 cm³/mol. The van der Waals surface area contributed by atoms with Gasteiger partial charge in [-0.05, 0) is 30.7 Å². The van der Waals surface area contributed by atoms with E-state index >= 15 is 0 Å². The van der Waals surface area contributed by atoms with E-state index in [4.69, 9.17) is 16.7 Å². The Morgan fingerprint density at radius 1 is 1.15 bits per heavy atom. The Balaban J connectivity index is 1.99. The number of anilines is 1. The topological polar surface area (TPSA) is 71.3 Å². The van der Waals surface area contributed by atoms with Crippen LogP contribution in [0.3, 0.4) is 0 Å². The van der Waals surface area contributed by atoms with Crippen molar-refractivity contribution in [3.63, 3.8) is 0 Å². The van der Waals surface area contributed by atoms with Crippen LogP contribution in [-0.4, -0.2) is 22.2 Å². The van der Waals surface area contributed by atoms with Crippen molar-refractivity contribution in [2.75, 3.05) is 11.9 Å². The third-order valence-corrected chi connectivity index (χ3v) is 4.70. The number of rotatable bonds is 5. The van der Waals surface area contributed by atoms with Crippen molar-refractivity contribution in [2.45, 2.75) is 19.4 Å². The molecule has 5 nitrogen and oxygen atoms in total. The summed E-state index contributed by atoms with van der Waals surface area (Å²) >= 11 is 6.29. The van der Waals surface area contributed by atoms with E-state index in [1.807, 2.05) is 37.3 Å². The molecule has 1 heterocycles. The number of hydrogen-bond donors (Lipinski definition) is 2. The van der Waals surface area contributed by atoms with Crippen LogP contribution in [0.2, 0.25) is 5.02 Å². The van der Waals surface area contributed by atoms with Crippen molar-refractivity contribution in [3.8, 4) is 0 Å². The maximum atomic E-state index is 12.7. The van der Waals surface area contributed by atoms with E-state index in [2.05, 4.69) is 5.32 Å². The first-order valence-electron chi connectivity index (χ1n) is 8.31. The fraction of sp³-hybridized carbons (Fsp3) is 0.200. The Morgan fingerprint density at radius 3 is 2.58 bits per heavy atom. The lowest BCUT2D eigenvalue weighted by Crippen LogP contribution is -2.22. The van der Waals surface area contributed by atoms with Crippen LogP contribution in [0.25, 0.3) is 10.8 Å². The Labute approximate surface area is 155 Å². The van der Waals surface area contributed by atoms with Gasteiger partial charge in [0.05, 0.1) is 23.2 Å². The zero-order valence-corrected chi connectivity index (χ0v) is 15.0. The van der Waals surface area contributed by atoms with Crippen molar-refractivity contribution in [1.82, 2.24) is 4.57 Å². The number of carbonyl (C=O) groups excluding carboxylic acids is 1. The number of hydrogen-bond acceptors (Lipinski definition) is 3. The molecule has 1 atom stereocenters. The van der Waals surface area contributed by atoms with Crippen LogP contribution >= 0.6 is 11.6 Å². The summed E-state index contributed by atoms with van der Waals surface area (Å²) in [5.41, 5.74) is 1.08. The van der Waals surface area contributed by atoms with E-state index in [9.17, 15) is 9.59 Å². The zero-order chi connectivity index (χ0) is 18.7. The molecule has 134 valence electrons. The molecule has 0 aliphatic carbocycles. The van der Waals surface area contributed by atoms with E-state index in [0.29, 0.717) is 21.5 Å². The highest BCUT2D eigenvalue weighted by molar-refractivity contribution is 6.35. The van der Waals surface area contributed by atoms with Crippen molar-refractivity contribution in [3.05, 3.63) is 75.7 Å². The first kappa shape index (κ1) is 18.2. The van der Waals surface area contributed by atoms with Crippen LogP contribution in [0.15, 0.2) is 59.5 Å². The third-order valence-electron chi connectivity index (χ3n) is 4.39. The van der Waals surface area contributed by atoms with Gasteiger partial charge in [-0.3, -0.25) is 9.59 Å². The summed E-state index contributed by atoms with van der Waals surface area (Å²) in [4.78, 5) is 25.2. The quantitative estimate of drug-likeness (QED) is 0.723. The number of aromatic nitrogens is 1. The fourth-order valence-electron chi connectivity index (χ4n) is 2.87. The molecular formula is C20H19ClN2O3. The first-order chi connectivity index (χ1) is 12.5. The number of carbonyl (C=O) groups is 1. The lowest BCUT2D eigenvalue weighted by atomic mass is 10.00.